The Kier molecular flexibility index (Phi) is 10.2. The minimum atomic E-state index is -0.824. The first kappa shape index (κ1) is 20.0. The SMILES string of the molecule is [Cl][Pt+2][Cl].[NH-]c1ccc(F)cc1F.[NH-]c1ccc(F)cc1F. The molecule has 118 valence electrons. The van der Waals surface area contributed by atoms with Crippen LogP contribution in [0.15, 0.2) is 36.4 Å². The van der Waals surface area contributed by atoms with E-state index < -0.39 is 39.7 Å². The van der Waals surface area contributed by atoms with Crippen LogP contribution in [0.1, 0.15) is 0 Å². The Morgan fingerprint density at radius 1 is 0.714 bits per heavy atom. The van der Waals surface area contributed by atoms with Crippen LogP contribution in [0.3, 0.4) is 0 Å². The van der Waals surface area contributed by atoms with Crippen LogP contribution < -0.4 is 0 Å². The van der Waals surface area contributed by atoms with Gasteiger partial charge < -0.3 is 11.5 Å². The molecule has 0 atom stereocenters. The fourth-order valence-corrected chi connectivity index (χ4v) is 0.979. The molecule has 9 heteroatoms. The van der Waals surface area contributed by atoms with E-state index in [1.807, 2.05) is 0 Å². The van der Waals surface area contributed by atoms with Crippen LogP contribution in [-0.2, 0) is 16.5 Å². The van der Waals surface area contributed by atoms with Gasteiger partial charge in [0, 0.05) is 12.1 Å². The predicted molar refractivity (Wildman–Crippen MR) is 72.4 cm³/mol. The summed E-state index contributed by atoms with van der Waals surface area (Å²) in [6.45, 7) is 0. The molecule has 0 aromatic heterocycles. The number of hydrogen-bond donors (Lipinski definition) is 0. The summed E-state index contributed by atoms with van der Waals surface area (Å²) in [5, 5.41) is 0. The van der Waals surface area contributed by atoms with Crippen molar-refractivity contribution < 1.29 is 34.0 Å². The number of benzene rings is 2. The van der Waals surface area contributed by atoms with Crippen LogP contribution in [0.4, 0.5) is 28.9 Å². The van der Waals surface area contributed by atoms with Gasteiger partial charge in [-0.3, -0.25) is 0 Å². The monoisotopic (exact) mass is 521 g/mol. The molecular formula is C12H8Cl2F4N2Pt. The molecule has 2 rings (SSSR count). The van der Waals surface area contributed by atoms with Crippen LogP contribution in [0, 0.1) is 23.3 Å². The zero-order valence-electron chi connectivity index (χ0n) is 10.0. The molecule has 0 aliphatic rings. The van der Waals surface area contributed by atoms with E-state index in [0.717, 1.165) is 24.3 Å². The number of rotatable bonds is 0. The third-order valence-corrected chi connectivity index (χ3v) is 1.86. The first-order chi connectivity index (χ1) is 9.81. The van der Waals surface area contributed by atoms with Gasteiger partial charge in [-0.05, 0) is 12.1 Å². The first-order valence-electron chi connectivity index (χ1n) is 4.97. The summed E-state index contributed by atoms with van der Waals surface area (Å²) < 4.78 is 48.4. The second-order valence-corrected chi connectivity index (χ2v) is 6.58. The third-order valence-electron chi connectivity index (χ3n) is 1.86. The van der Waals surface area contributed by atoms with E-state index in [1.165, 1.54) is 0 Å². The number of hydrogen-bond acceptors (Lipinski definition) is 0. The smallest absolute Gasteiger partial charge is 0.126 e. The fraction of sp³-hybridized carbons (Fsp3) is 0. The van der Waals surface area contributed by atoms with Gasteiger partial charge in [0.2, 0.25) is 0 Å². The Hall–Kier alpha value is -0.972. The largest absolute Gasteiger partial charge is 0.696 e. The van der Waals surface area contributed by atoms with Crippen molar-refractivity contribution in [1.29, 1.82) is 0 Å². The van der Waals surface area contributed by atoms with E-state index in [-0.39, 0.29) is 11.4 Å². The molecule has 0 spiro atoms. The maximum Gasteiger partial charge on any atom is 0.126 e. The van der Waals surface area contributed by atoms with Gasteiger partial charge in [-0.25, -0.2) is 17.6 Å². The predicted octanol–water partition coefficient (Wildman–Crippen LogP) is 6.67. The molecule has 0 fully saturated rings. The Morgan fingerprint density at radius 3 is 1.19 bits per heavy atom. The standard InChI is InChI=1S/2C6H4F2N.2ClH.Pt/c2*7-4-1-2-6(9)5(8)3-4;;;/h2*1-3,9H;2*1H;/q2*-1;;;+4/p-2. The molecule has 21 heavy (non-hydrogen) atoms. The average Bonchev–Trinajstić information content (AvgIpc) is 2.41. The van der Waals surface area contributed by atoms with E-state index >= 15 is 0 Å². The molecule has 0 amide bonds. The van der Waals surface area contributed by atoms with E-state index in [0.29, 0.717) is 12.1 Å². The summed E-state index contributed by atoms with van der Waals surface area (Å²) in [6.07, 6.45) is 0. The van der Waals surface area contributed by atoms with Crippen molar-refractivity contribution in [3.8, 4) is 0 Å². The zero-order valence-corrected chi connectivity index (χ0v) is 13.8. The zero-order chi connectivity index (χ0) is 16.4. The van der Waals surface area contributed by atoms with Crippen molar-refractivity contribution in [1.82, 2.24) is 0 Å². The molecule has 2 aromatic carbocycles. The van der Waals surface area contributed by atoms with Crippen LogP contribution in [0.2, 0.25) is 0 Å². The van der Waals surface area contributed by atoms with Crippen molar-refractivity contribution in [2.45, 2.75) is 0 Å². The van der Waals surface area contributed by atoms with Crippen LogP contribution >= 0.6 is 18.8 Å². The van der Waals surface area contributed by atoms with Crippen molar-refractivity contribution in [3.63, 3.8) is 0 Å². The van der Waals surface area contributed by atoms with E-state index in [2.05, 4.69) is 0 Å². The summed E-state index contributed by atoms with van der Waals surface area (Å²) in [5.41, 5.74) is 13.0. The van der Waals surface area contributed by atoms with E-state index in [4.69, 9.17) is 30.3 Å². The fourth-order valence-electron chi connectivity index (χ4n) is 0.979. The molecule has 0 saturated heterocycles. The molecule has 0 aliphatic carbocycles. The third kappa shape index (κ3) is 8.81. The minimum absolute atomic E-state index is 0.281. The second kappa shape index (κ2) is 10.7. The maximum atomic E-state index is 12.2. The summed E-state index contributed by atoms with van der Waals surface area (Å²) >= 11 is -0.472. The van der Waals surface area contributed by atoms with Crippen LogP contribution in [-0.4, -0.2) is 0 Å². The normalized spacial score (nSPS) is 9.24. The van der Waals surface area contributed by atoms with Gasteiger partial charge in [0.1, 0.15) is 23.3 Å². The molecule has 0 saturated carbocycles. The quantitative estimate of drug-likeness (QED) is 0.347. The van der Waals surface area contributed by atoms with E-state index in [1.54, 1.807) is 0 Å². The Morgan fingerprint density at radius 2 is 1.00 bits per heavy atom. The molecule has 0 aliphatic heterocycles. The molecule has 0 unspecified atom stereocenters. The molecule has 2 nitrogen and oxygen atoms in total. The molecule has 2 aromatic rings. The van der Waals surface area contributed by atoms with Gasteiger partial charge in [0.15, 0.2) is 0 Å². The average molecular weight is 522 g/mol. The summed E-state index contributed by atoms with van der Waals surface area (Å²) in [6, 6.07) is 5.61. The minimum Gasteiger partial charge on any atom is -0.696 e. The summed E-state index contributed by atoms with van der Waals surface area (Å²) in [4.78, 5) is 0. The molecule has 2 N–H and O–H groups in total. The van der Waals surface area contributed by atoms with Gasteiger partial charge in [-0.2, -0.15) is 0 Å². The number of halogens is 6. The molecule has 0 bridgehead atoms. The summed E-state index contributed by atoms with van der Waals surface area (Å²) in [7, 11) is 9.75. The van der Waals surface area contributed by atoms with Crippen molar-refractivity contribution >= 4 is 30.2 Å². The van der Waals surface area contributed by atoms with Crippen molar-refractivity contribution in [2.24, 2.45) is 0 Å². The molecular weight excluding hydrogens is 514 g/mol. The number of nitrogens with one attached hydrogen (secondary N) is 2. The van der Waals surface area contributed by atoms with Gasteiger partial charge in [-0.1, -0.05) is 12.1 Å². The Bertz CT molecular complexity index is 523. The van der Waals surface area contributed by atoms with Gasteiger partial charge in [0.25, 0.3) is 0 Å². The van der Waals surface area contributed by atoms with Gasteiger partial charge >= 0.3 is 35.3 Å². The van der Waals surface area contributed by atoms with Gasteiger partial charge in [0.05, 0.1) is 0 Å². The molecule has 0 radical (unpaired) electrons. The van der Waals surface area contributed by atoms with Crippen molar-refractivity contribution in [2.75, 3.05) is 0 Å². The van der Waals surface area contributed by atoms with Crippen LogP contribution in [0.25, 0.3) is 11.5 Å². The summed E-state index contributed by atoms with van der Waals surface area (Å²) in [5.74, 6) is -2.95. The topological polar surface area (TPSA) is 47.6 Å². The second-order valence-electron chi connectivity index (χ2n) is 3.29. The maximum absolute atomic E-state index is 12.2. The molecule has 0 heterocycles. The Balaban J connectivity index is 0.000000322. The van der Waals surface area contributed by atoms with Crippen LogP contribution in [0.5, 0.6) is 0 Å². The van der Waals surface area contributed by atoms with Crippen molar-refractivity contribution in [3.05, 3.63) is 71.1 Å². The van der Waals surface area contributed by atoms with E-state index in [9.17, 15) is 17.6 Å². The van der Waals surface area contributed by atoms with Gasteiger partial charge in [-0.15, -0.1) is 11.4 Å². The Labute approximate surface area is 135 Å². The first-order valence-corrected chi connectivity index (χ1v) is 10.6.